The highest BCUT2D eigenvalue weighted by molar-refractivity contribution is 7.08. The van der Waals surface area contributed by atoms with E-state index >= 15 is 0 Å². The topological polar surface area (TPSA) is 108 Å². The fourth-order valence-corrected chi connectivity index (χ4v) is 3.86. The van der Waals surface area contributed by atoms with Crippen LogP contribution in [0, 0.1) is 0 Å². The fraction of sp³-hybridized carbons (Fsp3) is 0.318. The van der Waals surface area contributed by atoms with Crippen LogP contribution in [-0.2, 0) is 6.54 Å². The fourth-order valence-electron chi connectivity index (χ4n) is 3.19. The minimum atomic E-state index is -0.882. The van der Waals surface area contributed by atoms with Crippen LogP contribution < -0.4 is 10.6 Å². The third-order valence-electron chi connectivity index (χ3n) is 4.98. The van der Waals surface area contributed by atoms with Gasteiger partial charge in [-0.05, 0) is 39.4 Å². The Bertz CT molecular complexity index is 1130. The summed E-state index contributed by atoms with van der Waals surface area (Å²) < 4.78 is 1.70. The average Bonchev–Trinajstić information content (AvgIpc) is 3.46. The Morgan fingerprint density at radius 2 is 1.87 bits per heavy atom. The maximum Gasteiger partial charge on any atom is 0.229 e. The molecule has 8 nitrogen and oxygen atoms in total. The number of thiophene rings is 1. The van der Waals surface area contributed by atoms with Crippen molar-refractivity contribution in [3.8, 4) is 11.1 Å². The SMILES string of the molecule is CC(C)c1cnn2c(NCc3ccc(-c4ccsc4)cc3)nc(NCC(O)CO)nc12. The zero-order chi connectivity index (χ0) is 21.8. The molecule has 0 radical (unpaired) electrons. The number of aromatic nitrogens is 4. The summed E-state index contributed by atoms with van der Waals surface area (Å²) in [4.78, 5) is 9.09. The Morgan fingerprint density at radius 1 is 1.06 bits per heavy atom. The van der Waals surface area contributed by atoms with Crippen LogP contribution in [0.15, 0.2) is 47.3 Å². The summed E-state index contributed by atoms with van der Waals surface area (Å²) in [5.41, 5.74) is 5.25. The summed E-state index contributed by atoms with van der Waals surface area (Å²) in [6.45, 7) is 4.58. The lowest BCUT2D eigenvalue weighted by Gasteiger charge is -2.13. The van der Waals surface area contributed by atoms with E-state index in [4.69, 9.17) is 5.11 Å². The van der Waals surface area contributed by atoms with Crippen molar-refractivity contribution in [1.82, 2.24) is 19.6 Å². The summed E-state index contributed by atoms with van der Waals surface area (Å²) in [5, 5.41) is 33.7. The van der Waals surface area contributed by atoms with E-state index in [0.717, 1.165) is 11.1 Å². The number of aliphatic hydroxyl groups is 2. The molecule has 4 N–H and O–H groups in total. The van der Waals surface area contributed by atoms with Crippen LogP contribution in [-0.4, -0.2) is 49.1 Å². The third kappa shape index (κ3) is 4.84. The number of nitrogens with zero attached hydrogens (tertiary/aromatic N) is 4. The first-order chi connectivity index (χ1) is 15.0. The van der Waals surface area contributed by atoms with Crippen molar-refractivity contribution in [2.24, 2.45) is 0 Å². The van der Waals surface area contributed by atoms with Gasteiger partial charge >= 0.3 is 0 Å². The molecule has 9 heteroatoms. The van der Waals surface area contributed by atoms with Gasteiger partial charge in [0.25, 0.3) is 0 Å². The molecule has 31 heavy (non-hydrogen) atoms. The Morgan fingerprint density at radius 3 is 2.55 bits per heavy atom. The van der Waals surface area contributed by atoms with Gasteiger partial charge < -0.3 is 20.8 Å². The molecule has 0 saturated heterocycles. The molecular formula is C22H26N6O2S. The molecule has 0 bridgehead atoms. The van der Waals surface area contributed by atoms with Crippen LogP contribution in [0.3, 0.4) is 0 Å². The lowest BCUT2D eigenvalue weighted by molar-refractivity contribution is 0.105. The monoisotopic (exact) mass is 438 g/mol. The highest BCUT2D eigenvalue weighted by Gasteiger charge is 2.15. The number of nitrogens with one attached hydrogen (secondary N) is 2. The minimum Gasteiger partial charge on any atom is -0.394 e. The first-order valence-corrected chi connectivity index (χ1v) is 11.1. The van der Waals surface area contributed by atoms with Gasteiger partial charge in [-0.1, -0.05) is 38.1 Å². The molecule has 0 spiro atoms. The van der Waals surface area contributed by atoms with E-state index < -0.39 is 6.10 Å². The van der Waals surface area contributed by atoms with Gasteiger partial charge in [0.2, 0.25) is 11.9 Å². The van der Waals surface area contributed by atoms with Crippen molar-refractivity contribution < 1.29 is 10.2 Å². The van der Waals surface area contributed by atoms with E-state index in [1.165, 1.54) is 11.1 Å². The Balaban J connectivity index is 1.56. The Hall–Kier alpha value is -3.01. The van der Waals surface area contributed by atoms with Crippen LogP contribution in [0.4, 0.5) is 11.9 Å². The second-order valence-electron chi connectivity index (χ2n) is 7.64. The van der Waals surface area contributed by atoms with Gasteiger partial charge in [-0.15, -0.1) is 0 Å². The van der Waals surface area contributed by atoms with Gasteiger partial charge in [-0.2, -0.15) is 30.9 Å². The first kappa shape index (κ1) is 21.2. The predicted molar refractivity (Wildman–Crippen MR) is 124 cm³/mol. The van der Waals surface area contributed by atoms with E-state index in [0.29, 0.717) is 24.1 Å². The second kappa shape index (κ2) is 9.42. The molecule has 0 fully saturated rings. The maximum atomic E-state index is 9.65. The van der Waals surface area contributed by atoms with Gasteiger partial charge in [0.05, 0.1) is 18.9 Å². The largest absolute Gasteiger partial charge is 0.394 e. The molecule has 4 rings (SSSR count). The summed E-state index contributed by atoms with van der Waals surface area (Å²) >= 11 is 1.69. The molecule has 0 aliphatic carbocycles. The van der Waals surface area contributed by atoms with Crippen molar-refractivity contribution in [1.29, 1.82) is 0 Å². The van der Waals surface area contributed by atoms with E-state index in [1.54, 1.807) is 15.9 Å². The highest BCUT2D eigenvalue weighted by Crippen LogP contribution is 2.24. The molecule has 3 heterocycles. The lowest BCUT2D eigenvalue weighted by Crippen LogP contribution is -2.24. The van der Waals surface area contributed by atoms with Gasteiger partial charge in [-0.3, -0.25) is 0 Å². The molecule has 1 unspecified atom stereocenters. The maximum absolute atomic E-state index is 9.65. The van der Waals surface area contributed by atoms with Crippen LogP contribution in [0.2, 0.25) is 0 Å². The highest BCUT2D eigenvalue weighted by atomic mass is 32.1. The van der Waals surface area contributed by atoms with Gasteiger partial charge in [0, 0.05) is 18.7 Å². The van der Waals surface area contributed by atoms with Crippen LogP contribution >= 0.6 is 11.3 Å². The van der Waals surface area contributed by atoms with Crippen molar-refractivity contribution in [2.75, 3.05) is 23.8 Å². The van der Waals surface area contributed by atoms with E-state index in [-0.39, 0.29) is 19.1 Å². The average molecular weight is 439 g/mol. The number of rotatable bonds is 9. The lowest BCUT2D eigenvalue weighted by atomic mass is 10.1. The zero-order valence-corrected chi connectivity index (χ0v) is 18.3. The quantitative estimate of drug-likeness (QED) is 0.317. The third-order valence-corrected chi connectivity index (χ3v) is 5.67. The Kier molecular flexibility index (Phi) is 6.45. The zero-order valence-electron chi connectivity index (χ0n) is 17.5. The molecule has 162 valence electrons. The molecule has 0 aliphatic rings. The number of anilines is 2. The van der Waals surface area contributed by atoms with Crippen LogP contribution in [0.5, 0.6) is 0 Å². The van der Waals surface area contributed by atoms with Crippen LogP contribution in [0.25, 0.3) is 16.8 Å². The van der Waals surface area contributed by atoms with Crippen molar-refractivity contribution in [3.05, 3.63) is 58.4 Å². The van der Waals surface area contributed by atoms with Crippen molar-refractivity contribution in [2.45, 2.75) is 32.4 Å². The first-order valence-electron chi connectivity index (χ1n) is 10.2. The number of hydrogen-bond donors (Lipinski definition) is 4. The molecule has 0 aliphatic heterocycles. The standard InChI is InChI=1S/C22H26N6O2S/c1-14(2)19-11-25-28-20(19)26-21(23-10-18(30)12-29)27-22(28)24-9-15-3-5-16(6-4-15)17-7-8-31-13-17/h3-8,11,13-14,18,29-30H,9-10,12H2,1-2H3,(H2,23,24,26,27). The molecular weight excluding hydrogens is 412 g/mol. The number of fused-ring (bicyclic) bond motifs is 1. The Labute approximate surface area is 184 Å². The van der Waals surface area contributed by atoms with Crippen LogP contribution in [0.1, 0.15) is 30.9 Å². The predicted octanol–water partition coefficient (Wildman–Crippen LogP) is 3.35. The minimum absolute atomic E-state index is 0.154. The molecule has 4 aromatic rings. The summed E-state index contributed by atoms with van der Waals surface area (Å²) in [7, 11) is 0. The molecule has 1 aromatic carbocycles. The van der Waals surface area contributed by atoms with Crippen molar-refractivity contribution >= 4 is 28.9 Å². The van der Waals surface area contributed by atoms with E-state index in [9.17, 15) is 5.11 Å². The summed E-state index contributed by atoms with van der Waals surface area (Å²) in [5.74, 6) is 1.18. The van der Waals surface area contributed by atoms with Crippen molar-refractivity contribution in [3.63, 3.8) is 0 Å². The normalized spacial score (nSPS) is 12.4. The van der Waals surface area contributed by atoms with Gasteiger partial charge in [0.1, 0.15) is 0 Å². The molecule has 1 atom stereocenters. The molecule has 3 aromatic heterocycles. The van der Waals surface area contributed by atoms with E-state index in [1.807, 2.05) is 6.20 Å². The number of aliphatic hydroxyl groups excluding tert-OH is 2. The van der Waals surface area contributed by atoms with Gasteiger partial charge in [0.15, 0.2) is 5.65 Å². The second-order valence-corrected chi connectivity index (χ2v) is 8.42. The molecule has 0 amide bonds. The summed E-state index contributed by atoms with van der Waals surface area (Å²) in [6.07, 6.45) is 0.925. The smallest absolute Gasteiger partial charge is 0.229 e. The number of hydrogen-bond acceptors (Lipinski definition) is 8. The molecule has 0 saturated carbocycles. The summed E-state index contributed by atoms with van der Waals surface area (Å²) in [6, 6.07) is 10.5. The van der Waals surface area contributed by atoms with Gasteiger partial charge in [-0.25, -0.2) is 0 Å². The number of benzene rings is 1. The van der Waals surface area contributed by atoms with E-state index in [2.05, 4.69) is 80.6 Å².